The summed E-state index contributed by atoms with van der Waals surface area (Å²) in [6.07, 6.45) is -0.491. The van der Waals surface area contributed by atoms with Crippen molar-refractivity contribution >= 4 is 15.9 Å². The topological polar surface area (TPSA) is 47.3 Å². The van der Waals surface area contributed by atoms with Gasteiger partial charge in [-0.2, -0.15) is 5.10 Å². The summed E-state index contributed by atoms with van der Waals surface area (Å²) in [6, 6.07) is 7.48. The van der Waals surface area contributed by atoms with Gasteiger partial charge in [-0.15, -0.1) is 0 Å². The third-order valence-corrected chi connectivity index (χ3v) is 4.01. The first-order valence-electron chi connectivity index (χ1n) is 6.08. The van der Waals surface area contributed by atoms with Gasteiger partial charge in [0.2, 0.25) is 0 Å². The Kier molecular flexibility index (Phi) is 4.27. The number of hydrogen-bond donors (Lipinski definition) is 1. The van der Waals surface area contributed by atoms with Crippen LogP contribution in [-0.4, -0.2) is 14.9 Å². The van der Waals surface area contributed by atoms with E-state index in [4.69, 9.17) is 4.74 Å². The zero-order chi connectivity index (χ0) is 14.0. The minimum absolute atomic E-state index is 0.432. The third-order valence-electron chi connectivity index (χ3n) is 2.98. The molecule has 0 radical (unpaired) electrons. The molecule has 2 aromatic rings. The van der Waals surface area contributed by atoms with Gasteiger partial charge in [0.25, 0.3) is 0 Å². The Balaban J connectivity index is 2.12. The predicted octanol–water partition coefficient (Wildman–Crippen LogP) is 3.12. The zero-order valence-corrected chi connectivity index (χ0v) is 12.8. The molecule has 1 atom stereocenters. The average molecular weight is 325 g/mol. The highest BCUT2D eigenvalue weighted by Gasteiger charge is 2.11. The number of aryl methyl sites for hydroxylation is 2. The van der Waals surface area contributed by atoms with Crippen LogP contribution in [0.25, 0.3) is 0 Å². The summed E-state index contributed by atoms with van der Waals surface area (Å²) >= 11 is 3.51. The Hall–Kier alpha value is -1.33. The van der Waals surface area contributed by atoms with Crippen LogP contribution in [0.3, 0.4) is 0 Å². The van der Waals surface area contributed by atoms with Crippen molar-refractivity contribution in [1.29, 1.82) is 0 Å². The highest BCUT2D eigenvalue weighted by Crippen LogP contribution is 2.23. The molecule has 0 aliphatic rings. The van der Waals surface area contributed by atoms with E-state index in [1.54, 1.807) is 11.6 Å². The number of ether oxygens (including phenoxy) is 1. The van der Waals surface area contributed by atoms with E-state index in [2.05, 4.69) is 21.0 Å². The lowest BCUT2D eigenvalue weighted by Gasteiger charge is -2.10. The molecule has 5 heteroatoms. The molecule has 1 aromatic heterocycles. The number of aliphatic hydroxyl groups excluding tert-OH is 1. The molecule has 4 nitrogen and oxygen atoms in total. The second-order valence-electron chi connectivity index (χ2n) is 4.51. The smallest absolute Gasteiger partial charge is 0.131 e. The van der Waals surface area contributed by atoms with E-state index in [1.165, 1.54) is 0 Å². The minimum Gasteiger partial charge on any atom is -0.487 e. The lowest BCUT2D eigenvalue weighted by molar-refractivity contribution is 0.198. The molecular weight excluding hydrogens is 308 g/mol. The number of aliphatic hydroxyl groups is 1. The Labute approximate surface area is 121 Å². The van der Waals surface area contributed by atoms with E-state index in [1.807, 2.05) is 38.2 Å². The largest absolute Gasteiger partial charge is 0.487 e. The number of benzene rings is 1. The quantitative estimate of drug-likeness (QED) is 0.939. The van der Waals surface area contributed by atoms with Crippen molar-refractivity contribution in [2.24, 2.45) is 7.05 Å². The fourth-order valence-corrected chi connectivity index (χ4v) is 2.30. The molecule has 0 fully saturated rings. The monoisotopic (exact) mass is 324 g/mol. The molecule has 19 heavy (non-hydrogen) atoms. The summed E-state index contributed by atoms with van der Waals surface area (Å²) in [4.78, 5) is 0. The summed E-state index contributed by atoms with van der Waals surface area (Å²) in [5.74, 6) is 0.740. The molecule has 102 valence electrons. The lowest BCUT2D eigenvalue weighted by atomic mass is 10.1. The van der Waals surface area contributed by atoms with Crippen molar-refractivity contribution < 1.29 is 9.84 Å². The van der Waals surface area contributed by atoms with Gasteiger partial charge in [0.15, 0.2) is 0 Å². The number of hydrogen-bond acceptors (Lipinski definition) is 3. The molecule has 0 aliphatic carbocycles. The molecule has 1 N–H and O–H groups in total. The van der Waals surface area contributed by atoms with E-state index in [0.717, 1.165) is 27.2 Å². The first-order valence-corrected chi connectivity index (χ1v) is 6.87. The van der Waals surface area contributed by atoms with Crippen LogP contribution < -0.4 is 4.74 Å². The predicted molar refractivity (Wildman–Crippen MR) is 77.1 cm³/mol. The van der Waals surface area contributed by atoms with E-state index >= 15 is 0 Å². The molecule has 0 saturated heterocycles. The van der Waals surface area contributed by atoms with Crippen LogP contribution in [0, 0.1) is 6.92 Å². The SMILES string of the molecule is Cc1nn(C)c(COc2cccc([C@H](C)O)c2)c1Br. The second-order valence-corrected chi connectivity index (χ2v) is 5.30. The summed E-state index contributed by atoms with van der Waals surface area (Å²) in [7, 11) is 1.89. The summed E-state index contributed by atoms with van der Waals surface area (Å²) in [5.41, 5.74) is 2.77. The Morgan fingerprint density at radius 3 is 2.79 bits per heavy atom. The molecule has 0 saturated carbocycles. The molecule has 0 amide bonds. The van der Waals surface area contributed by atoms with Crippen LogP contribution >= 0.6 is 15.9 Å². The Morgan fingerprint density at radius 1 is 1.47 bits per heavy atom. The number of aromatic nitrogens is 2. The summed E-state index contributed by atoms with van der Waals surface area (Å²) < 4.78 is 8.53. The minimum atomic E-state index is -0.491. The van der Waals surface area contributed by atoms with E-state index in [0.29, 0.717) is 6.61 Å². The van der Waals surface area contributed by atoms with Crippen LogP contribution in [0.15, 0.2) is 28.7 Å². The van der Waals surface area contributed by atoms with Crippen molar-refractivity contribution in [2.45, 2.75) is 26.6 Å². The van der Waals surface area contributed by atoms with Crippen LogP contribution in [0.1, 0.15) is 30.0 Å². The molecule has 2 rings (SSSR count). The van der Waals surface area contributed by atoms with E-state index < -0.39 is 6.10 Å². The number of nitrogens with zero attached hydrogens (tertiary/aromatic N) is 2. The van der Waals surface area contributed by atoms with Gasteiger partial charge in [0.05, 0.1) is 22.0 Å². The average Bonchev–Trinajstić information content (AvgIpc) is 2.61. The molecule has 1 heterocycles. The Bertz CT molecular complexity index is 579. The van der Waals surface area contributed by atoms with E-state index in [9.17, 15) is 5.11 Å². The van der Waals surface area contributed by atoms with Gasteiger partial charge in [-0.05, 0) is 47.5 Å². The fraction of sp³-hybridized carbons (Fsp3) is 0.357. The number of rotatable bonds is 4. The molecule has 0 bridgehead atoms. The van der Waals surface area contributed by atoms with Crippen molar-refractivity contribution in [3.63, 3.8) is 0 Å². The molecule has 0 unspecified atom stereocenters. The van der Waals surface area contributed by atoms with Crippen LogP contribution in [0.4, 0.5) is 0 Å². The van der Waals surface area contributed by atoms with Crippen molar-refractivity contribution in [3.05, 3.63) is 45.7 Å². The van der Waals surface area contributed by atoms with Gasteiger partial charge >= 0.3 is 0 Å². The normalized spacial score (nSPS) is 12.5. The highest BCUT2D eigenvalue weighted by molar-refractivity contribution is 9.10. The highest BCUT2D eigenvalue weighted by atomic mass is 79.9. The molecule has 1 aromatic carbocycles. The second kappa shape index (κ2) is 5.75. The maximum absolute atomic E-state index is 9.55. The van der Waals surface area contributed by atoms with Crippen LogP contribution in [-0.2, 0) is 13.7 Å². The summed E-state index contributed by atoms with van der Waals surface area (Å²) in [6.45, 7) is 4.11. The van der Waals surface area contributed by atoms with Crippen molar-refractivity contribution in [1.82, 2.24) is 9.78 Å². The van der Waals surface area contributed by atoms with Gasteiger partial charge in [-0.25, -0.2) is 0 Å². The van der Waals surface area contributed by atoms with Gasteiger partial charge in [0, 0.05) is 7.05 Å². The molecule has 0 spiro atoms. The van der Waals surface area contributed by atoms with Gasteiger partial charge < -0.3 is 9.84 Å². The van der Waals surface area contributed by atoms with Crippen LogP contribution in [0.2, 0.25) is 0 Å². The lowest BCUT2D eigenvalue weighted by Crippen LogP contribution is -2.04. The zero-order valence-electron chi connectivity index (χ0n) is 11.2. The van der Waals surface area contributed by atoms with Crippen molar-refractivity contribution in [3.8, 4) is 5.75 Å². The van der Waals surface area contributed by atoms with Crippen LogP contribution in [0.5, 0.6) is 5.75 Å². The Morgan fingerprint density at radius 2 is 2.21 bits per heavy atom. The third kappa shape index (κ3) is 3.16. The van der Waals surface area contributed by atoms with Gasteiger partial charge in [-0.1, -0.05) is 12.1 Å². The van der Waals surface area contributed by atoms with Crippen molar-refractivity contribution in [2.75, 3.05) is 0 Å². The molecule has 0 aliphatic heterocycles. The fourth-order valence-electron chi connectivity index (χ4n) is 1.85. The number of halogens is 1. The van der Waals surface area contributed by atoms with E-state index in [-0.39, 0.29) is 0 Å². The van der Waals surface area contributed by atoms with Gasteiger partial charge in [0.1, 0.15) is 12.4 Å². The summed E-state index contributed by atoms with van der Waals surface area (Å²) in [5, 5.41) is 13.9. The standard InChI is InChI=1S/C14H17BrN2O2/c1-9-14(15)13(17(3)16-9)8-19-12-6-4-5-11(7-12)10(2)18/h4-7,10,18H,8H2,1-3H3/t10-/m0/s1. The maximum atomic E-state index is 9.55. The first-order chi connectivity index (χ1) is 8.99. The first kappa shape index (κ1) is 14.1. The van der Waals surface area contributed by atoms with Gasteiger partial charge in [-0.3, -0.25) is 4.68 Å². The maximum Gasteiger partial charge on any atom is 0.131 e. The molecular formula is C14H17BrN2O2.